The molecule has 1 radical (unpaired) electrons. The summed E-state index contributed by atoms with van der Waals surface area (Å²) in [5.41, 5.74) is 4.61. The van der Waals surface area contributed by atoms with Crippen LogP contribution in [0.4, 0.5) is 0 Å². The Bertz CT molecular complexity index is 550. The molecule has 0 nitrogen and oxygen atoms in total. The van der Waals surface area contributed by atoms with Gasteiger partial charge in [-0.2, -0.15) is 17.8 Å². The minimum Gasteiger partial charge on any atom is -1.00 e. The van der Waals surface area contributed by atoms with Crippen molar-refractivity contribution in [1.29, 1.82) is 0 Å². The Morgan fingerprint density at radius 2 is 1.71 bits per heavy atom. The SMILES string of the molecule is CSC1(C(C)(C)C2=[C-]CC=C2)CC=C(C)C=C1C(C)(C)C.[Cl-].[Cl-].[Ti+3]. The van der Waals surface area contributed by atoms with Gasteiger partial charge in [-0.05, 0) is 36.0 Å². The Morgan fingerprint density at radius 1 is 1.12 bits per heavy atom. The van der Waals surface area contributed by atoms with E-state index < -0.39 is 0 Å². The molecule has 0 N–H and O–H groups in total. The monoisotopic (exact) mass is 419 g/mol. The maximum Gasteiger partial charge on any atom is 3.00 e. The van der Waals surface area contributed by atoms with Gasteiger partial charge >= 0.3 is 21.7 Å². The average molecular weight is 420 g/mol. The maximum absolute atomic E-state index is 3.58. The van der Waals surface area contributed by atoms with Gasteiger partial charge in [0.25, 0.3) is 0 Å². The molecule has 0 heterocycles. The normalized spacial score (nSPS) is 23.2. The third-order valence-electron chi connectivity index (χ3n) is 5.05. The standard InChI is InChI=1S/C20H29S.2ClH.Ti/c1-15-12-13-20(21-7,17(14-15)18(2,3)4)19(5,6)16-10-8-9-11-16;;;/h8,10,12,14H,9,13H2,1-7H3;2*1H;/q-1;;;+3/p-2. The van der Waals surface area contributed by atoms with Crippen LogP contribution in [0.1, 0.15) is 54.4 Å². The van der Waals surface area contributed by atoms with Crippen molar-refractivity contribution >= 4 is 11.8 Å². The molecule has 0 spiro atoms. The van der Waals surface area contributed by atoms with Crippen LogP contribution in [0.5, 0.6) is 0 Å². The van der Waals surface area contributed by atoms with E-state index in [2.05, 4.69) is 78.2 Å². The van der Waals surface area contributed by atoms with E-state index in [1.165, 1.54) is 11.1 Å². The van der Waals surface area contributed by atoms with Crippen LogP contribution >= 0.6 is 11.8 Å². The van der Waals surface area contributed by atoms with Crippen molar-refractivity contribution in [2.45, 2.75) is 59.1 Å². The van der Waals surface area contributed by atoms with Crippen molar-refractivity contribution < 1.29 is 46.5 Å². The number of hydrogen-bond acceptors (Lipinski definition) is 1. The molecule has 0 saturated heterocycles. The fraction of sp³-hybridized carbons (Fsp3) is 0.600. The van der Waals surface area contributed by atoms with Gasteiger partial charge in [0.15, 0.2) is 0 Å². The van der Waals surface area contributed by atoms with Crippen molar-refractivity contribution in [3.8, 4) is 0 Å². The molecule has 133 valence electrons. The molecule has 0 aromatic carbocycles. The molecular formula is C20H29Cl2STi. The summed E-state index contributed by atoms with van der Waals surface area (Å²) < 4.78 is 0.113. The molecule has 0 bridgehead atoms. The predicted molar refractivity (Wildman–Crippen MR) is 96.5 cm³/mol. The maximum atomic E-state index is 3.58. The molecule has 0 amide bonds. The number of rotatable bonds is 3. The second kappa shape index (κ2) is 9.51. The molecule has 0 aromatic rings. The summed E-state index contributed by atoms with van der Waals surface area (Å²) in [6.45, 7) is 14.1. The van der Waals surface area contributed by atoms with Gasteiger partial charge in [0, 0.05) is 4.75 Å². The predicted octanol–water partition coefficient (Wildman–Crippen LogP) is 0.132. The van der Waals surface area contributed by atoms with Crippen LogP contribution in [0.25, 0.3) is 0 Å². The van der Waals surface area contributed by atoms with E-state index in [0.29, 0.717) is 0 Å². The molecule has 0 fully saturated rings. The van der Waals surface area contributed by atoms with Crippen LogP contribution in [-0.2, 0) is 21.7 Å². The minimum absolute atomic E-state index is 0. The summed E-state index contributed by atoms with van der Waals surface area (Å²) in [5.74, 6) is 0. The number of thioether (sulfide) groups is 1. The molecular weight excluding hydrogens is 391 g/mol. The molecule has 0 aliphatic heterocycles. The van der Waals surface area contributed by atoms with E-state index in [1.807, 2.05) is 11.8 Å². The summed E-state index contributed by atoms with van der Waals surface area (Å²) in [6.07, 6.45) is 17.3. The van der Waals surface area contributed by atoms with E-state index in [1.54, 1.807) is 5.57 Å². The molecule has 0 aromatic heterocycles. The van der Waals surface area contributed by atoms with Crippen LogP contribution in [0, 0.1) is 16.9 Å². The first kappa shape index (κ1) is 26.8. The van der Waals surface area contributed by atoms with Crippen LogP contribution in [0.3, 0.4) is 0 Å². The van der Waals surface area contributed by atoms with E-state index in [0.717, 1.165) is 12.8 Å². The molecule has 2 aliphatic carbocycles. The van der Waals surface area contributed by atoms with Gasteiger partial charge in [0.1, 0.15) is 0 Å². The molecule has 4 heteroatoms. The van der Waals surface area contributed by atoms with E-state index >= 15 is 0 Å². The molecule has 1 unspecified atom stereocenters. The summed E-state index contributed by atoms with van der Waals surface area (Å²) >= 11 is 2.02. The third kappa shape index (κ3) is 4.66. The smallest absolute Gasteiger partial charge is 1.00 e. The van der Waals surface area contributed by atoms with Crippen LogP contribution in [0.15, 0.2) is 41.0 Å². The molecule has 24 heavy (non-hydrogen) atoms. The quantitative estimate of drug-likeness (QED) is 0.462. The van der Waals surface area contributed by atoms with Crippen molar-refractivity contribution in [2.24, 2.45) is 10.8 Å². The minimum atomic E-state index is 0. The average Bonchev–Trinajstić information content (AvgIpc) is 2.92. The second-order valence-electron chi connectivity index (χ2n) is 7.81. The summed E-state index contributed by atoms with van der Waals surface area (Å²) in [4.78, 5) is 0. The van der Waals surface area contributed by atoms with E-state index in [9.17, 15) is 0 Å². The van der Waals surface area contributed by atoms with E-state index in [4.69, 9.17) is 0 Å². The van der Waals surface area contributed by atoms with Crippen LogP contribution in [-0.4, -0.2) is 11.0 Å². The first-order chi connectivity index (χ1) is 9.65. The Hall–Kier alpha value is 0.604. The van der Waals surface area contributed by atoms with Gasteiger partial charge in [-0.1, -0.05) is 52.3 Å². The van der Waals surface area contributed by atoms with Crippen molar-refractivity contribution in [2.75, 3.05) is 6.26 Å². The van der Waals surface area contributed by atoms with Crippen molar-refractivity contribution in [1.82, 2.24) is 0 Å². The van der Waals surface area contributed by atoms with E-state index in [-0.39, 0.29) is 62.1 Å². The zero-order valence-corrected chi connectivity index (χ0v) is 19.8. The second-order valence-corrected chi connectivity index (χ2v) is 8.92. The topological polar surface area (TPSA) is 0 Å². The number of hydrogen-bond donors (Lipinski definition) is 0. The fourth-order valence-corrected chi connectivity index (χ4v) is 5.19. The van der Waals surface area contributed by atoms with Crippen LogP contribution < -0.4 is 24.8 Å². The summed E-state index contributed by atoms with van der Waals surface area (Å²) in [5, 5.41) is 0. The molecule has 0 saturated carbocycles. The Balaban J connectivity index is 0. The van der Waals surface area contributed by atoms with Gasteiger partial charge in [-0.15, -0.1) is 6.42 Å². The molecule has 2 aliphatic rings. The van der Waals surface area contributed by atoms with Gasteiger partial charge in [-0.3, -0.25) is 6.08 Å². The third-order valence-corrected chi connectivity index (χ3v) is 6.65. The van der Waals surface area contributed by atoms with Gasteiger partial charge in [0.05, 0.1) is 0 Å². The largest absolute Gasteiger partial charge is 3.00 e. The Labute approximate surface area is 180 Å². The zero-order valence-electron chi connectivity index (χ0n) is 15.9. The Morgan fingerprint density at radius 3 is 2.12 bits per heavy atom. The zero-order chi connectivity index (χ0) is 15.9. The van der Waals surface area contributed by atoms with Crippen molar-refractivity contribution in [3.63, 3.8) is 0 Å². The molecule has 1 atom stereocenters. The summed E-state index contributed by atoms with van der Waals surface area (Å²) in [7, 11) is 0. The summed E-state index contributed by atoms with van der Waals surface area (Å²) in [6, 6.07) is 0. The van der Waals surface area contributed by atoms with Gasteiger partial charge in [-0.25, -0.2) is 11.6 Å². The number of halogens is 2. The van der Waals surface area contributed by atoms with Crippen LogP contribution in [0.2, 0.25) is 0 Å². The first-order valence-corrected chi connectivity index (χ1v) is 9.10. The number of allylic oxidation sites excluding steroid dienone is 7. The first-order valence-electron chi connectivity index (χ1n) is 7.87. The van der Waals surface area contributed by atoms with Gasteiger partial charge in [0.2, 0.25) is 0 Å². The molecule has 2 rings (SSSR count). The Kier molecular flexibility index (Phi) is 10.6. The van der Waals surface area contributed by atoms with Gasteiger partial charge < -0.3 is 24.8 Å². The fourth-order valence-electron chi connectivity index (χ4n) is 3.73. The van der Waals surface area contributed by atoms with Crippen molar-refractivity contribution in [3.05, 3.63) is 47.1 Å².